The van der Waals surface area contributed by atoms with Crippen LogP contribution < -0.4 is 9.62 Å². The summed E-state index contributed by atoms with van der Waals surface area (Å²) in [6.45, 7) is 5.53. The van der Waals surface area contributed by atoms with Gasteiger partial charge in [-0.2, -0.15) is 0 Å². The Morgan fingerprint density at radius 3 is 2.21 bits per heavy atom. The molecule has 1 saturated carbocycles. The Morgan fingerprint density at radius 2 is 1.67 bits per heavy atom. The van der Waals surface area contributed by atoms with Crippen molar-refractivity contribution >= 4 is 50.7 Å². The maximum absolute atomic E-state index is 13.9. The summed E-state index contributed by atoms with van der Waals surface area (Å²) in [5, 5.41) is 3.95. The Balaban J connectivity index is 1.94. The lowest BCUT2D eigenvalue weighted by atomic mass is 9.95. The van der Waals surface area contributed by atoms with Gasteiger partial charge in [0.15, 0.2) is 0 Å². The lowest BCUT2D eigenvalue weighted by Crippen LogP contribution is -2.54. The molecule has 7 nitrogen and oxygen atoms in total. The second-order valence-corrected chi connectivity index (χ2v) is 13.3. The van der Waals surface area contributed by atoms with Gasteiger partial charge in [0.2, 0.25) is 21.8 Å². The Bertz CT molecular complexity index is 1250. The fourth-order valence-corrected chi connectivity index (χ4v) is 6.25. The zero-order chi connectivity index (χ0) is 28.7. The van der Waals surface area contributed by atoms with Crippen molar-refractivity contribution in [3.8, 4) is 0 Å². The van der Waals surface area contributed by atoms with E-state index in [1.54, 1.807) is 30.3 Å². The van der Waals surface area contributed by atoms with E-state index in [-0.39, 0.29) is 24.4 Å². The second-order valence-electron chi connectivity index (χ2n) is 10.5. The second kappa shape index (κ2) is 13.9. The third-order valence-electron chi connectivity index (χ3n) is 7.22. The van der Waals surface area contributed by atoms with E-state index < -0.39 is 28.5 Å². The number of benzene rings is 2. The summed E-state index contributed by atoms with van der Waals surface area (Å²) in [5.41, 5.74) is 2.06. The summed E-state index contributed by atoms with van der Waals surface area (Å²) in [4.78, 5) is 28.8. The van der Waals surface area contributed by atoms with Crippen molar-refractivity contribution in [2.45, 2.75) is 83.8 Å². The van der Waals surface area contributed by atoms with Crippen molar-refractivity contribution in [2.75, 3.05) is 17.1 Å². The van der Waals surface area contributed by atoms with Crippen molar-refractivity contribution < 1.29 is 18.0 Å². The van der Waals surface area contributed by atoms with Crippen LogP contribution in [0, 0.1) is 0 Å². The van der Waals surface area contributed by atoms with Crippen LogP contribution in [-0.4, -0.2) is 50.0 Å². The fourth-order valence-electron chi connectivity index (χ4n) is 4.94. The largest absolute Gasteiger partial charge is 0.352 e. The van der Waals surface area contributed by atoms with Gasteiger partial charge in [-0.05, 0) is 60.6 Å². The fraction of sp³-hybridized carbons (Fsp3) is 0.517. The van der Waals surface area contributed by atoms with Crippen molar-refractivity contribution in [2.24, 2.45) is 0 Å². The normalized spacial score (nSPS) is 15.2. The summed E-state index contributed by atoms with van der Waals surface area (Å²) in [7, 11) is -3.80. The predicted octanol–water partition coefficient (Wildman–Crippen LogP) is 6.14. The lowest BCUT2D eigenvalue weighted by molar-refractivity contribution is -0.140. The number of hydrogen-bond acceptors (Lipinski definition) is 4. The number of amides is 2. The SMILES string of the molecule is CC[C@H](C(=O)NC1CCCCC1)N(Cc1ccc(Cl)cc1Cl)C(=O)CN(c1ccc(C(C)C)cc1)S(C)(=O)=O. The third kappa shape index (κ3) is 8.60. The number of nitrogens with zero attached hydrogens (tertiary/aromatic N) is 2. The predicted molar refractivity (Wildman–Crippen MR) is 159 cm³/mol. The van der Waals surface area contributed by atoms with E-state index >= 15 is 0 Å². The number of sulfonamides is 1. The maximum atomic E-state index is 13.9. The van der Waals surface area contributed by atoms with Crippen LogP contribution in [-0.2, 0) is 26.2 Å². The molecule has 1 aliphatic carbocycles. The number of hydrogen-bond donors (Lipinski definition) is 1. The minimum Gasteiger partial charge on any atom is -0.352 e. The van der Waals surface area contributed by atoms with Gasteiger partial charge >= 0.3 is 0 Å². The molecule has 0 bridgehead atoms. The smallest absolute Gasteiger partial charge is 0.244 e. The van der Waals surface area contributed by atoms with Crippen LogP contribution in [0.5, 0.6) is 0 Å². The highest BCUT2D eigenvalue weighted by molar-refractivity contribution is 7.92. The molecule has 1 aliphatic rings. The van der Waals surface area contributed by atoms with E-state index in [9.17, 15) is 18.0 Å². The first-order valence-electron chi connectivity index (χ1n) is 13.5. The van der Waals surface area contributed by atoms with Crippen molar-refractivity contribution in [3.05, 3.63) is 63.6 Å². The molecule has 0 radical (unpaired) electrons. The van der Waals surface area contributed by atoms with Gasteiger partial charge in [-0.1, -0.05) is 81.4 Å². The highest BCUT2D eigenvalue weighted by Gasteiger charge is 2.33. The minimum atomic E-state index is -3.80. The average Bonchev–Trinajstić information content (AvgIpc) is 2.88. The lowest BCUT2D eigenvalue weighted by Gasteiger charge is -2.34. The molecule has 1 atom stereocenters. The van der Waals surface area contributed by atoms with Crippen LogP contribution in [0.25, 0.3) is 0 Å². The molecule has 0 saturated heterocycles. The summed E-state index contributed by atoms with van der Waals surface area (Å²) in [5.74, 6) is -0.458. The molecule has 0 unspecified atom stereocenters. The standard InChI is InChI=1S/C29H39Cl2N3O4S/c1-5-27(29(36)32-24-9-7-6-8-10-24)33(18-22-11-14-23(30)17-26(22)31)28(35)19-34(39(4,37)38)25-15-12-21(13-16-25)20(2)3/h11-17,20,24,27H,5-10,18-19H2,1-4H3,(H,32,36)/t27-/m1/s1. The molecule has 10 heteroatoms. The summed E-state index contributed by atoms with van der Waals surface area (Å²) in [6, 6.07) is 11.4. The van der Waals surface area contributed by atoms with Crippen LogP contribution >= 0.6 is 23.2 Å². The molecular formula is C29H39Cl2N3O4S. The molecule has 0 aromatic heterocycles. The molecule has 2 amide bonds. The van der Waals surface area contributed by atoms with Gasteiger partial charge in [-0.15, -0.1) is 0 Å². The average molecular weight is 597 g/mol. The first-order valence-corrected chi connectivity index (χ1v) is 16.1. The first-order chi connectivity index (χ1) is 18.4. The molecule has 3 rings (SSSR count). The molecule has 214 valence electrons. The molecule has 2 aromatic carbocycles. The van der Waals surface area contributed by atoms with E-state index in [4.69, 9.17) is 23.2 Å². The third-order valence-corrected chi connectivity index (χ3v) is 8.95. The van der Waals surface area contributed by atoms with Gasteiger partial charge in [0.25, 0.3) is 0 Å². The number of halogens is 2. The Hall–Kier alpha value is -2.29. The maximum Gasteiger partial charge on any atom is 0.244 e. The van der Waals surface area contributed by atoms with Gasteiger partial charge in [-0.3, -0.25) is 13.9 Å². The molecular weight excluding hydrogens is 557 g/mol. The number of nitrogens with one attached hydrogen (secondary N) is 1. The topological polar surface area (TPSA) is 86.8 Å². The van der Waals surface area contributed by atoms with E-state index in [0.29, 0.717) is 27.7 Å². The van der Waals surface area contributed by atoms with Gasteiger partial charge in [0, 0.05) is 22.6 Å². The summed E-state index contributed by atoms with van der Waals surface area (Å²) >= 11 is 12.5. The van der Waals surface area contributed by atoms with Crippen molar-refractivity contribution in [1.29, 1.82) is 0 Å². The van der Waals surface area contributed by atoms with Crippen LogP contribution in [0.15, 0.2) is 42.5 Å². The van der Waals surface area contributed by atoms with Crippen molar-refractivity contribution in [1.82, 2.24) is 10.2 Å². The highest BCUT2D eigenvalue weighted by atomic mass is 35.5. The van der Waals surface area contributed by atoms with Gasteiger partial charge < -0.3 is 10.2 Å². The highest BCUT2D eigenvalue weighted by Crippen LogP contribution is 2.26. The van der Waals surface area contributed by atoms with Crippen LogP contribution in [0.2, 0.25) is 10.0 Å². The Morgan fingerprint density at radius 1 is 1.03 bits per heavy atom. The quantitative estimate of drug-likeness (QED) is 0.338. The number of carbonyl (C=O) groups is 2. The molecule has 2 aromatic rings. The molecule has 0 heterocycles. The van der Waals surface area contributed by atoms with Crippen LogP contribution in [0.4, 0.5) is 5.69 Å². The summed E-state index contributed by atoms with van der Waals surface area (Å²) in [6.07, 6.45) is 6.53. The molecule has 0 aliphatic heterocycles. The van der Waals surface area contributed by atoms with Crippen LogP contribution in [0.1, 0.15) is 76.3 Å². The molecule has 1 N–H and O–H groups in total. The van der Waals surface area contributed by atoms with E-state index in [0.717, 1.165) is 48.2 Å². The zero-order valence-electron chi connectivity index (χ0n) is 23.1. The Labute approximate surface area is 242 Å². The molecule has 0 spiro atoms. The monoisotopic (exact) mass is 595 g/mol. The van der Waals surface area contributed by atoms with E-state index in [1.165, 1.54) is 4.90 Å². The van der Waals surface area contributed by atoms with E-state index in [2.05, 4.69) is 19.2 Å². The van der Waals surface area contributed by atoms with Crippen LogP contribution in [0.3, 0.4) is 0 Å². The van der Waals surface area contributed by atoms with Gasteiger partial charge in [0.05, 0.1) is 11.9 Å². The molecule has 39 heavy (non-hydrogen) atoms. The number of carbonyl (C=O) groups excluding carboxylic acids is 2. The number of rotatable bonds is 11. The van der Waals surface area contributed by atoms with Gasteiger partial charge in [-0.25, -0.2) is 8.42 Å². The molecule has 1 fully saturated rings. The summed E-state index contributed by atoms with van der Waals surface area (Å²) < 4.78 is 26.8. The van der Waals surface area contributed by atoms with Gasteiger partial charge in [0.1, 0.15) is 12.6 Å². The van der Waals surface area contributed by atoms with Crippen molar-refractivity contribution in [3.63, 3.8) is 0 Å². The zero-order valence-corrected chi connectivity index (χ0v) is 25.5. The number of anilines is 1. The minimum absolute atomic E-state index is 0.0370. The first kappa shape index (κ1) is 31.2. The van der Waals surface area contributed by atoms with E-state index in [1.807, 2.05) is 19.1 Å². The Kier molecular flexibility index (Phi) is 11.1.